The van der Waals surface area contributed by atoms with Gasteiger partial charge in [-0.2, -0.15) is 0 Å². The van der Waals surface area contributed by atoms with E-state index >= 15 is 0 Å². The maximum Gasteiger partial charge on any atom is 0.164 e. The quantitative estimate of drug-likeness (QED) is 0.872. The Balaban J connectivity index is 2.03. The summed E-state index contributed by atoms with van der Waals surface area (Å²) in [6.45, 7) is 0.936. The highest BCUT2D eigenvalue weighted by molar-refractivity contribution is 7.98. The molecule has 0 aliphatic carbocycles. The molecule has 0 fully saturated rings. The lowest BCUT2D eigenvalue weighted by Gasteiger charge is -2.29. The first-order valence-electron chi connectivity index (χ1n) is 7.39. The van der Waals surface area contributed by atoms with E-state index in [1.807, 2.05) is 6.07 Å². The van der Waals surface area contributed by atoms with Crippen molar-refractivity contribution in [3.8, 4) is 11.5 Å². The molecule has 2 aromatic rings. The summed E-state index contributed by atoms with van der Waals surface area (Å²) in [5.41, 5.74) is 3.81. The van der Waals surface area contributed by atoms with Crippen LogP contribution in [0.3, 0.4) is 0 Å². The van der Waals surface area contributed by atoms with Gasteiger partial charge in [-0.05, 0) is 42.0 Å². The molecule has 1 heterocycles. The first-order chi connectivity index (χ1) is 10.8. The summed E-state index contributed by atoms with van der Waals surface area (Å²) in [4.78, 5) is 1.28. The predicted octanol–water partition coefficient (Wildman–Crippen LogP) is 3.66. The molecule has 1 aliphatic rings. The molecule has 116 valence electrons. The van der Waals surface area contributed by atoms with Crippen molar-refractivity contribution in [2.75, 3.05) is 27.0 Å². The molecular weight excluding hydrogens is 294 g/mol. The monoisotopic (exact) mass is 315 g/mol. The summed E-state index contributed by atoms with van der Waals surface area (Å²) in [5, 5.41) is 3.61. The molecule has 2 aromatic carbocycles. The van der Waals surface area contributed by atoms with Crippen molar-refractivity contribution in [2.45, 2.75) is 17.4 Å². The fourth-order valence-electron chi connectivity index (χ4n) is 3.08. The second kappa shape index (κ2) is 6.63. The Kier molecular flexibility index (Phi) is 4.60. The largest absolute Gasteiger partial charge is 0.493 e. The van der Waals surface area contributed by atoms with Crippen molar-refractivity contribution in [1.29, 1.82) is 0 Å². The van der Waals surface area contributed by atoms with Gasteiger partial charge in [-0.3, -0.25) is 0 Å². The van der Waals surface area contributed by atoms with Crippen LogP contribution < -0.4 is 14.8 Å². The smallest absolute Gasteiger partial charge is 0.164 e. The molecule has 22 heavy (non-hydrogen) atoms. The van der Waals surface area contributed by atoms with Crippen LogP contribution in [0.2, 0.25) is 0 Å². The number of fused-ring (bicyclic) bond motifs is 1. The fraction of sp³-hybridized carbons (Fsp3) is 0.333. The zero-order valence-corrected chi connectivity index (χ0v) is 14.0. The van der Waals surface area contributed by atoms with Crippen molar-refractivity contribution in [3.63, 3.8) is 0 Å². The second-order valence-corrected chi connectivity index (χ2v) is 6.16. The molecule has 0 amide bonds. The minimum atomic E-state index is 0.208. The third kappa shape index (κ3) is 2.69. The van der Waals surface area contributed by atoms with Gasteiger partial charge in [-0.25, -0.2) is 0 Å². The number of rotatable bonds is 4. The third-order valence-electron chi connectivity index (χ3n) is 4.17. The minimum absolute atomic E-state index is 0.208. The molecule has 4 heteroatoms. The van der Waals surface area contributed by atoms with Crippen molar-refractivity contribution in [3.05, 3.63) is 53.1 Å². The van der Waals surface area contributed by atoms with E-state index in [0.29, 0.717) is 0 Å². The molecule has 3 rings (SSSR count). The molecule has 1 N–H and O–H groups in total. The van der Waals surface area contributed by atoms with Gasteiger partial charge in [0.25, 0.3) is 0 Å². The molecule has 0 aromatic heterocycles. The van der Waals surface area contributed by atoms with E-state index in [-0.39, 0.29) is 6.04 Å². The molecule has 0 saturated carbocycles. The van der Waals surface area contributed by atoms with Crippen LogP contribution in [-0.2, 0) is 6.42 Å². The number of hydrogen-bond acceptors (Lipinski definition) is 4. The van der Waals surface area contributed by atoms with Crippen LogP contribution >= 0.6 is 11.8 Å². The Morgan fingerprint density at radius 2 is 1.82 bits per heavy atom. The van der Waals surface area contributed by atoms with Gasteiger partial charge in [0, 0.05) is 17.0 Å². The lowest BCUT2D eigenvalue weighted by molar-refractivity contribution is 0.348. The van der Waals surface area contributed by atoms with Crippen molar-refractivity contribution < 1.29 is 9.47 Å². The molecule has 1 unspecified atom stereocenters. The van der Waals surface area contributed by atoms with Crippen LogP contribution in [0.5, 0.6) is 11.5 Å². The lowest BCUT2D eigenvalue weighted by atomic mass is 9.89. The van der Waals surface area contributed by atoms with Gasteiger partial charge in [0.1, 0.15) is 0 Å². The minimum Gasteiger partial charge on any atom is -0.493 e. The van der Waals surface area contributed by atoms with Crippen molar-refractivity contribution in [2.24, 2.45) is 0 Å². The number of ether oxygens (including phenoxy) is 2. The maximum atomic E-state index is 5.60. The SMILES string of the molecule is COc1ccc2c(c1OC)CCNC2c1ccc(SC)cc1. The highest BCUT2D eigenvalue weighted by Gasteiger charge is 2.25. The van der Waals surface area contributed by atoms with E-state index in [1.54, 1.807) is 26.0 Å². The second-order valence-electron chi connectivity index (χ2n) is 5.28. The van der Waals surface area contributed by atoms with E-state index in [1.165, 1.54) is 21.6 Å². The van der Waals surface area contributed by atoms with Crippen LogP contribution in [0, 0.1) is 0 Å². The van der Waals surface area contributed by atoms with Crippen molar-refractivity contribution >= 4 is 11.8 Å². The van der Waals surface area contributed by atoms with E-state index in [0.717, 1.165) is 24.5 Å². The maximum absolute atomic E-state index is 5.60. The van der Waals surface area contributed by atoms with Gasteiger partial charge >= 0.3 is 0 Å². The summed E-state index contributed by atoms with van der Waals surface area (Å²) >= 11 is 1.76. The van der Waals surface area contributed by atoms with Gasteiger partial charge < -0.3 is 14.8 Å². The standard InChI is InChI=1S/C18H21NO2S/c1-20-16-9-8-14-15(18(16)21-2)10-11-19-17(14)12-4-6-13(22-3)7-5-12/h4-9,17,19H,10-11H2,1-3H3. The Hall–Kier alpha value is -1.65. The summed E-state index contributed by atoms with van der Waals surface area (Å²) in [6.07, 6.45) is 3.05. The van der Waals surface area contributed by atoms with Crippen molar-refractivity contribution in [1.82, 2.24) is 5.32 Å². The molecule has 0 spiro atoms. The Labute approximate surface area is 136 Å². The van der Waals surface area contributed by atoms with Crippen LogP contribution in [0.25, 0.3) is 0 Å². The summed E-state index contributed by atoms with van der Waals surface area (Å²) < 4.78 is 11.0. The van der Waals surface area contributed by atoms with Gasteiger partial charge in [0.05, 0.1) is 20.3 Å². The molecule has 1 atom stereocenters. The molecule has 0 radical (unpaired) electrons. The van der Waals surface area contributed by atoms with E-state index in [9.17, 15) is 0 Å². The average molecular weight is 315 g/mol. The van der Waals surface area contributed by atoms with Crippen LogP contribution in [0.1, 0.15) is 22.7 Å². The van der Waals surface area contributed by atoms with Gasteiger partial charge in [-0.1, -0.05) is 18.2 Å². The number of hydrogen-bond donors (Lipinski definition) is 1. The number of benzene rings is 2. The highest BCUT2D eigenvalue weighted by atomic mass is 32.2. The molecule has 1 aliphatic heterocycles. The van der Waals surface area contributed by atoms with Crippen LogP contribution in [-0.4, -0.2) is 27.0 Å². The van der Waals surface area contributed by atoms with Gasteiger partial charge in [0.15, 0.2) is 11.5 Å². The molecule has 0 saturated heterocycles. The van der Waals surface area contributed by atoms with Crippen LogP contribution in [0.15, 0.2) is 41.3 Å². The summed E-state index contributed by atoms with van der Waals surface area (Å²) in [7, 11) is 3.40. The van der Waals surface area contributed by atoms with Gasteiger partial charge in [0.2, 0.25) is 0 Å². The topological polar surface area (TPSA) is 30.5 Å². The Morgan fingerprint density at radius 1 is 1.05 bits per heavy atom. The van der Waals surface area contributed by atoms with E-state index < -0.39 is 0 Å². The van der Waals surface area contributed by atoms with Crippen LogP contribution in [0.4, 0.5) is 0 Å². The van der Waals surface area contributed by atoms with E-state index in [4.69, 9.17) is 9.47 Å². The first kappa shape index (κ1) is 15.3. The zero-order chi connectivity index (χ0) is 15.5. The highest BCUT2D eigenvalue weighted by Crippen LogP contribution is 2.39. The summed E-state index contributed by atoms with van der Waals surface area (Å²) in [5.74, 6) is 1.67. The molecule has 3 nitrogen and oxygen atoms in total. The lowest BCUT2D eigenvalue weighted by Crippen LogP contribution is -2.30. The molecular formula is C18H21NO2S. The Morgan fingerprint density at radius 3 is 2.45 bits per heavy atom. The predicted molar refractivity (Wildman–Crippen MR) is 91.3 cm³/mol. The van der Waals surface area contributed by atoms with E-state index in [2.05, 4.69) is 41.9 Å². The number of thioether (sulfide) groups is 1. The Bertz CT molecular complexity index is 655. The normalized spacial score (nSPS) is 17.0. The zero-order valence-electron chi connectivity index (χ0n) is 13.2. The fourth-order valence-corrected chi connectivity index (χ4v) is 3.49. The summed E-state index contributed by atoms with van der Waals surface area (Å²) in [6, 6.07) is 13.1. The van der Waals surface area contributed by atoms with Gasteiger partial charge in [-0.15, -0.1) is 11.8 Å². The number of nitrogens with one attached hydrogen (secondary N) is 1. The number of methoxy groups -OCH3 is 2. The average Bonchev–Trinajstić information content (AvgIpc) is 2.60. The first-order valence-corrected chi connectivity index (χ1v) is 8.62. The third-order valence-corrected chi connectivity index (χ3v) is 4.91. The molecule has 0 bridgehead atoms.